The number of fused-ring (bicyclic) bond motifs is 1. The Morgan fingerprint density at radius 1 is 0.929 bits per heavy atom. The van der Waals surface area contributed by atoms with Crippen LogP contribution in [0.25, 0.3) is 28.7 Å². The van der Waals surface area contributed by atoms with E-state index in [9.17, 15) is 4.79 Å². The molecule has 0 unspecified atom stereocenters. The molecule has 3 aromatic carbocycles. The van der Waals surface area contributed by atoms with E-state index in [-0.39, 0.29) is 5.56 Å². The van der Waals surface area contributed by atoms with E-state index >= 15 is 0 Å². The summed E-state index contributed by atoms with van der Waals surface area (Å²) in [7, 11) is 1.61. The van der Waals surface area contributed by atoms with Crippen molar-refractivity contribution in [2.75, 3.05) is 7.11 Å². The zero-order chi connectivity index (χ0) is 19.5. The van der Waals surface area contributed by atoms with E-state index in [2.05, 4.69) is 0 Å². The molecule has 0 aliphatic heterocycles. The average molecular weight is 389 g/mol. The number of benzene rings is 3. The molecule has 4 rings (SSSR count). The van der Waals surface area contributed by atoms with Gasteiger partial charge in [-0.3, -0.25) is 9.36 Å². The Kier molecular flexibility index (Phi) is 4.96. The van der Waals surface area contributed by atoms with Gasteiger partial charge in [-0.25, -0.2) is 4.98 Å². The van der Waals surface area contributed by atoms with Gasteiger partial charge in [0.1, 0.15) is 11.6 Å². The van der Waals surface area contributed by atoms with Gasteiger partial charge in [-0.1, -0.05) is 41.9 Å². The fourth-order valence-corrected chi connectivity index (χ4v) is 3.22. The molecule has 0 amide bonds. The van der Waals surface area contributed by atoms with Crippen LogP contribution >= 0.6 is 11.6 Å². The number of ether oxygens (including phenoxy) is 1. The zero-order valence-corrected chi connectivity index (χ0v) is 15.9. The van der Waals surface area contributed by atoms with Crippen molar-refractivity contribution >= 4 is 34.7 Å². The topological polar surface area (TPSA) is 44.1 Å². The normalized spacial score (nSPS) is 11.2. The molecule has 0 N–H and O–H groups in total. The number of para-hydroxylation sites is 1. The summed E-state index contributed by atoms with van der Waals surface area (Å²) < 4.78 is 6.81. The lowest BCUT2D eigenvalue weighted by Crippen LogP contribution is -2.22. The molecule has 0 saturated heterocycles. The molecule has 0 atom stereocenters. The minimum Gasteiger partial charge on any atom is -0.497 e. The standard InChI is InChI=1S/C23H17ClN2O2/c1-28-18-13-11-17(12-14-18)26-22(15-10-16-6-2-4-8-20(16)24)25-21-9-5-3-7-19(21)23(26)27/h2-15H,1H3. The third-order valence-electron chi connectivity index (χ3n) is 4.45. The third kappa shape index (κ3) is 3.42. The largest absolute Gasteiger partial charge is 0.497 e. The third-order valence-corrected chi connectivity index (χ3v) is 4.79. The number of hydrogen-bond acceptors (Lipinski definition) is 3. The number of rotatable bonds is 4. The lowest BCUT2D eigenvalue weighted by molar-refractivity contribution is 0.414. The maximum atomic E-state index is 13.2. The Morgan fingerprint density at radius 3 is 2.39 bits per heavy atom. The highest BCUT2D eigenvalue weighted by atomic mass is 35.5. The SMILES string of the molecule is COc1ccc(-n2c(C=Cc3ccccc3Cl)nc3ccccc3c2=O)cc1. The Morgan fingerprint density at radius 2 is 1.64 bits per heavy atom. The molecule has 1 heterocycles. The summed E-state index contributed by atoms with van der Waals surface area (Å²) in [5.41, 5.74) is 2.08. The first-order chi connectivity index (χ1) is 13.7. The summed E-state index contributed by atoms with van der Waals surface area (Å²) in [5.74, 6) is 1.24. The van der Waals surface area contributed by atoms with E-state index in [0.29, 0.717) is 27.4 Å². The van der Waals surface area contributed by atoms with Crippen LogP contribution in [0.15, 0.2) is 77.6 Å². The molecule has 5 heteroatoms. The molecule has 0 radical (unpaired) electrons. The molecule has 4 nitrogen and oxygen atoms in total. The van der Waals surface area contributed by atoms with Crippen LogP contribution in [0.2, 0.25) is 5.02 Å². The van der Waals surface area contributed by atoms with Crippen molar-refractivity contribution in [1.29, 1.82) is 0 Å². The number of aromatic nitrogens is 2. The molecule has 0 aliphatic carbocycles. The molecule has 0 aliphatic rings. The highest BCUT2D eigenvalue weighted by Crippen LogP contribution is 2.20. The van der Waals surface area contributed by atoms with Gasteiger partial charge in [0.15, 0.2) is 0 Å². The van der Waals surface area contributed by atoms with Gasteiger partial charge >= 0.3 is 0 Å². The van der Waals surface area contributed by atoms with Crippen LogP contribution in [0.3, 0.4) is 0 Å². The molecule has 4 aromatic rings. The quantitative estimate of drug-likeness (QED) is 0.481. The fourth-order valence-electron chi connectivity index (χ4n) is 3.02. The van der Waals surface area contributed by atoms with E-state index in [1.54, 1.807) is 23.8 Å². The fraction of sp³-hybridized carbons (Fsp3) is 0.0435. The van der Waals surface area contributed by atoms with Crippen LogP contribution < -0.4 is 10.3 Å². The minimum absolute atomic E-state index is 0.130. The second kappa shape index (κ2) is 7.71. The smallest absolute Gasteiger partial charge is 0.266 e. The maximum Gasteiger partial charge on any atom is 0.266 e. The van der Waals surface area contributed by atoms with E-state index in [1.165, 1.54) is 0 Å². The summed E-state index contributed by atoms with van der Waals surface area (Å²) in [6, 6.07) is 22.2. The van der Waals surface area contributed by atoms with Gasteiger partial charge in [0, 0.05) is 5.02 Å². The monoisotopic (exact) mass is 388 g/mol. The van der Waals surface area contributed by atoms with Crippen molar-refractivity contribution in [3.05, 3.63) is 99.6 Å². The van der Waals surface area contributed by atoms with E-state index in [0.717, 1.165) is 11.3 Å². The second-order valence-corrected chi connectivity index (χ2v) is 6.59. The molecular weight excluding hydrogens is 372 g/mol. The lowest BCUT2D eigenvalue weighted by atomic mass is 10.2. The van der Waals surface area contributed by atoms with E-state index < -0.39 is 0 Å². The van der Waals surface area contributed by atoms with Crippen LogP contribution in [-0.2, 0) is 0 Å². The number of halogens is 1. The summed E-state index contributed by atoms with van der Waals surface area (Å²) in [5, 5.41) is 1.20. The minimum atomic E-state index is -0.130. The van der Waals surface area contributed by atoms with Crippen LogP contribution in [0, 0.1) is 0 Å². The van der Waals surface area contributed by atoms with Gasteiger partial charge < -0.3 is 4.74 Å². The summed E-state index contributed by atoms with van der Waals surface area (Å²) in [6.45, 7) is 0. The summed E-state index contributed by atoms with van der Waals surface area (Å²) in [6.07, 6.45) is 3.66. The number of nitrogens with zero attached hydrogens (tertiary/aromatic N) is 2. The van der Waals surface area contributed by atoms with Crippen molar-refractivity contribution in [2.45, 2.75) is 0 Å². The van der Waals surface area contributed by atoms with Gasteiger partial charge in [0.05, 0.1) is 23.7 Å². The van der Waals surface area contributed by atoms with Crippen molar-refractivity contribution in [1.82, 2.24) is 9.55 Å². The molecule has 0 fully saturated rings. The van der Waals surface area contributed by atoms with Gasteiger partial charge in [-0.05, 0) is 60.2 Å². The highest BCUT2D eigenvalue weighted by Gasteiger charge is 2.11. The van der Waals surface area contributed by atoms with Crippen molar-refractivity contribution in [3.63, 3.8) is 0 Å². The van der Waals surface area contributed by atoms with Crippen LogP contribution in [-0.4, -0.2) is 16.7 Å². The second-order valence-electron chi connectivity index (χ2n) is 6.18. The van der Waals surface area contributed by atoms with Crippen molar-refractivity contribution in [3.8, 4) is 11.4 Å². The molecule has 28 heavy (non-hydrogen) atoms. The Balaban J connectivity index is 1.93. The first-order valence-corrected chi connectivity index (χ1v) is 9.14. The molecule has 0 spiro atoms. The van der Waals surface area contributed by atoms with Gasteiger partial charge in [0.25, 0.3) is 5.56 Å². The van der Waals surface area contributed by atoms with Crippen molar-refractivity contribution in [2.24, 2.45) is 0 Å². The first-order valence-electron chi connectivity index (χ1n) is 8.76. The van der Waals surface area contributed by atoms with Crippen molar-refractivity contribution < 1.29 is 4.74 Å². The average Bonchev–Trinajstić information content (AvgIpc) is 2.73. The van der Waals surface area contributed by atoms with Gasteiger partial charge in [0.2, 0.25) is 0 Å². The Bertz CT molecular complexity index is 1230. The van der Waals surface area contributed by atoms with Gasteiger partial charge in [-0.2, -0.15) is 0 Å². The molecule has 0 saturated carbocycles. The summed E-state index contributed by atoms with van der Waals surface area (Å²) in [4.78, 5) is 17.9. The summed E-state index contributed by atoms with van der Waals surface area (Å²) >= 11 is 6.25. The van der Waals surface area contributed by atoms with Crippen LogP contribution in [0.1, 0.15) is 11.4 Å². The molecule has 0 bridgehead atoms. The first kappa shape index (κ1) is 18.0. The predicted octanol–water partition coefficient (Wildman–Crippen LogP) is 5.22. The Hall–Kier alpha value is -3.37. The zero-order valence-electron chi connectivity index (χ0n) is 15.2. The molecule has 1 aromatic heterocycles. The van der Waals surface area contributed by atoms with E-state index in [1.807, 2.05) is 72.8 Å². The lowest BCUT2D eigenvalue weighted by Gasteiger charge is -2.12. The molecule has 138 valence electrons. The maximum absolute atomic E-state index is 13.2. The highest BCUT2D eigenvalue weighted by molar-refractivity contribution is 6.32. The molecular formula is C23H17ClN2O2. The number of methoxy groups -OCH3 is 1. The van der Waals surface area contributed by atoms with E-state index in [4.69, 9.17) is 21.3 Å². The Labute approximate surface area is 167 Å². The number of hydrogen-bond donors (Lipinski definition) is 0. The van der Waals surface area contributed by atoms with Crippen LogP contribution in [0.5, 0.6) is 5.75 Å². The van der Waals surface area contributed by atoms with Crippen LogP contribution in [0.4, 0.5) is 0 Å². The predicted molar refractivity (Wildman–Crippen MR) is 114 cm³/mol. The van der Waals surface area contributed by atoms with Gasteiger partial charge in [-0.15, -0.1) is 0 Å².